The number of nitrogens with one attached hydrogen (secondary N) is 1. The lowest BCUT2D eigenvalue weighted by molar-refractivity contribution is 0.218. The zero-order valence-corrected chi connectivity index (χ0v) is 18.5. The van der Waals surface area contributed by atoms with Gasteiger partial charge in [0.2, 0.25) is 0 Å². The number of hydrogen-bond donors (Lipinski definition) is 1. The normalized spacial score (nSPS) is 16.7. The second-order valence-electron chi connectivity index (χ2n) is 7.90. The second-order valence-corrected chi connectivity index (χ2v) is 8.34. The number of benzene rings is 3. The fourth-order valence-electron chi connectivity index (χ4n) is 3.78. The van der Waals surface area contributed by atoms with Crippen molar-refractivity contribution < 1.29 is 4.79 Å². The first-order valence-corrected chi connectivity index (χ1v) is 11.0. The third kappa shape index (κ3) is 4.80. The molecule has 31 heavy (non-hydrogen) atoms. The Hall–Kier alpha value is -3.11. The summed E-state index contributed by atoms with van der Waals surface area (Å²) in [5, 5.41) is 9.87. The topological polar surface area (TPSA) is 44.7 Å². The minimum Gasteiger partial charge on any atom is -0.306 e. The SMILES string of the molecule is CC[C@@H](C)c1ccc(NC(=O)N2C[C@@H](c3ccccc3)C(c3ccc(Cl)cc3)=N2)cc1. The van der Waals surface area contributed by atoms with Crippen LogP contribution in [0.25, 0.3) is 0 Å². The predicted molar refractivity (Wildman–Crippen MR) is 128 cm³/mol. The second kappa shape index (κ2) is 9.36. The molecule has 0 aromatic heterocycles. The lowest BCUT2D eigenvalue weighted by atomic mass is 9.91. The quantitative estimate of drug-likeness (QED) is 0.469. The van der Waals surface area contributed by atoms with Crippen LogP contribution in [-0.4, -0.2) is 23.3 Å². The van der Waals surface area contributed by atoms with E-state index in [1.54, 1.807) is 0 Å². The van der Waals surface area contributed by atoms with Crippen LogP contribution in [0.3, 0.4) is 0 Å². The highest BCUT2D eigenvalue weighted by Gasteiger charge is 2.32. The monoisotopic (exact) mass is 431 g/mol. The lowest BCUT2D eigenvalue weighted by Crippen LogP contribution is -2.30. The van der Waals surface area contributed by atoms with Crippen molar-refractivity contribution in [1.29, 1.82) is 0 Å². The molecular formula is C26H26ClN3O. The van der Waals surface area contributed by atoms with Gasteiger partial charge in [0.15, 0.2) is 0 Å². The van der Waals surface area contributed by atoms with Crippen LogP contribution in [0, 0.1) is 0 Å². The van der Waals surface area contributed by atoms with Crippen LogP contribution in [0.1, 0.15) is 48.8 Å². The number of rotatable bonds is 5. The average molecular weight is 432 g/mol. The van der Waals surface area contributed by atoms with Crippen LogP contribution in [0.5, 0.6) is 0 Å². The summed E-state index contributed by atoms with van der Waals surface area (Å²) < 4.78 is 0. The standard InChI is InChI=1S/C26H26ClN3O/c1-3-18(2)19-11-15-23(16-12-19)28-26(31)30-17-24(20-7-5-4-6-8-20)25(29-30)21-9-13-22(27)14-10-21/h4-16,18,24H,3,17H2,1-2H3,(H,28,31)/t18-,24+/m1/s1. The van der Waals surface area contributed by atoms with E-state index in [1.807, 2.05) is 54.6 Å². The highest BCUT2D eigenvalue weighted by Crippen LogP contribution is 2.30. The van der Waals surface area contributed by atoms with Gasteiger partial charge in [-0.2, -0.15) is 5.10 Å². The Morgan fingerprint density at radius 1 is 1.06 bits per heavy atom. The van der Waals surface area contributed by atoms with Crippen LogP contribution >= 0.6 is 11.6 Å². The lowest BCUT2D eigenvalue weighted by Gasteiger charge is -2.16. The molecule has 0 fully saturated rings. The number of amides is 2. The van der Waals surface area contributed by atoms with Crippen LogP contribution in [-0.2, 0) is 0 Å². The summed E-state index contributed by atoms with van der Waals surface area (Å²) in [6.45, 7) is 4.86. The van der Waals surface area contributed by atoms with Crippen LogP contribution in [0.4, 0.5) is 10.5 Å². The maximum absolute atomic E-state index is 13.0. The van der Waals surface area contributed by atoms with Gasteiger partial charge in [-0.3, -0.25) is 0 Å². The number of hydrazone groups is 1. The molecule has 1 heterocycles. The van der Waals surface area contributed by atoms with Crippen molar-refractivity contribution in [2.75, 3.05) is 11.9 Å². The van der Waals surface area contributed by atoms with Gasteiger partial charge in [-0.25, -0.2) is 9.80 Å². The molecule has 0 bridgehead atoms. The predicted octanol–water partition coefficient (Wildman–Crippen LogP) is 6.89. The number of hydrogen-bond acceptors (Lipinski definition) is 2. The summed E-state index contributed by atoms with van der Waals surface area (Å²) in [6.07, 6.45) is 1.09. The van der Waals surface area contributed by atoms with E-state index in [4.69, 9.17) is 16.7 Å². The first-order valence-electron chi connectivity index (χ1n) is 10.6. The summed E-state index contributed by atoms with van der Waals surface area (Å²) in [5.41, 5.74) is 5.00. The molecule has 2 atom stereocenters. The molecule has 3 aromatic carbocycles. The van der Waals surface area contributed by atoms with Gasteiger partial charge < -0.3 is 5.32 Å². The molecular weight excluding hydrogens is 406 g/mol. The van der Waals surface area contributed by atoms with E-state index in [-0.39, 0.29) is 11.9 Å². The molecule has 4 rings (SSSR count). The van der Waals surface area contributed by atoms with Gasteiger partial charge in [0.05, 0.1) is 12.3 Å². The van der Waals surface area contributed by atoms with Gasteiger partial charge in [0, 0.05) is 16.6 Å². The fraction of sp³-hybridized carbons (Fsp3) is 0.231. The average Bonchev–Trinajstić information content (AvgIpc) is 3.26. The summed E-state index contributed by atoms with van der Waals surface area (Å²) in [7, 11) is 0. The van der Waals surface area contributed by atoms with E-state index in [2.05, 4.69) is 43.4 Å². The molecule has 0 aliphatic carbocycles. The van der Waals surface area contributed by atoms with E-state index < -0.39 is 0 Å². The number of carbonyl (C=O) groups is 1. The zero-order valence-electron chi connectivity index (χ0n) is 17.8. The molecule has 1 aliphatic rings. The van der Waals surface area contributed by atoms with Crippen molar-refractivity contribution in [3.8, 4) is 0 Å². The maximum Gasteiger partial charge on any atom is 0.342 e. The molecule has 2 amide bonds. The Morgan fingerprint density at radius 3 is 2.39 bits per heavy atom. The Balaban J connectivity index is 1.56. The number of urea groups is 1. The molecule has 3 aromatic rings. The molecule has 1 N–H and O–H groups in total. The molecule has 0 saturated carbocycles. The van der Waals surface area contributed by atoms with Gasteiger partial charge in [-0.1, -0.05) is 80.0 Å². The van der Waals surface area contributed by atoms with Gasteiger partial charge >= 0.3 is 6.03 Å². The number of carbonyl (C=O) groups excluding carboxylic acids is 1. The van der Waals surface area contributed by atoms with Gasteiger partial charge in [0.25, 0.3) is 0 Å². The van der Waals surface area contributed by atoms with Crippen LogP contribution in [0.15, 0.2) is 84.0 Å². The zero-order chi connectivity index (χ0) is 21.8. The minimum atomic E-state index is -0.235. The van der Waals surface area contributed by atoms with Crippen molar-refractivity contribution in [3.05, 3.63) is 101 Å². The van der Waals surface area contributed by atoms with Crippen molar-refractivity contribution in [2.45, 2.75) is 32.1 Å². The van der Waals surface area contributed by atoms with Crippen molar-refractivity contribution in [1.82, 2.24) is 5.01 Å². The maximum atomic E-state index is 13.0. The molecule has 0 unspecified atom stereocenters. The molecule has 0 saturated heterocycles. The van der Waals surface area contributed by atoms with Gasteiger partial charge in [-0.05, 0) is 53.3 Å². The molecule has 5 heteroatoms. The van der Waals surface area contributed by atoms with Crippen molar-refractivity contribution in [2.24, 2.45) is 5.10 Å². The summed E-state index contributed by atoms with van der Waals surface area (Å²) in [4.78, 5) is 13.0. The Kier molecular flexibility index (Phi) is 6.38. The summed E-state index contributed by atoms with van der Waals surface area (Å²) in [6, 6.07) is 25.6. The number of halogens is 1. The summed E-state index contributed by atoms with van der Waals surface area (Å²) in [5.74, 6) is 0.502. The fourth-order valence-corrected chi connectivity index (χ4v) is 3.90. The number of nitrogens with zero attached hydrogens (tertiary/aromatic N) is 2. The van der Waals surface area contributed by atoms with E-state index >= 15 is 0 Å². The molecule has 0 radical (unpaired) electrons. The first-order chi connectivity index (χ1) is 15.0. The first kappa shape index (κ1) is 21.1. The highest BCUT2D eigenvalue weighted by molar-refractivity contribution is 6.30. The Bertz CT molecular complexity index is 1060. The van der Waals surface area contributed by atoms with Crippen molar-refractivity contribution in [3.63, 3.8) is 0 Å². The number of anilines is 1. The molecule has 1 aliphatic heterocycles. The molecule has 158 valence electrons. The highest BCUT2D eigenvalue weighted by atomic mass is 35.5. The summed E-state index contributed by atoms with van der Waals surface area (Å²) >= 11 is 6.07. The van der Waals surface area contributed by atoms with Crippen LogP contribution in [0.2, 0.25) is 5.02 Å². The third-order valence-electron chi connectivity index (χ3n) is 5.83. The minimum absolute atomic E-state index is 0.000838. The van der Waals surface area contributed by atoms with E-state index in [9.17, 15) is 4.79 Å². The van der Waals surface area contributed by atoms with E-state index in [0.717, 1.165) is 28.9 Å². The van der Waals surface area contributed by atoms with Gasteiger partial charge in [-0.15, -0.1) is 0 Å². The van der Waals surface area contributed by atoms with Crippen molar-refractivity contribution >= 4 is 29.0 Å². The van der Waals surface area contributed by atoms with E-state index in [1.165, 1.54) is 10.6 Å². The van der Waals surface area contributed by atoms with Gasteiger partial charge in [0.1, 0.15) is 0 Å². The Morgan fingerprint density at radius 2 is 1.74 bits per heavy atom. The largest absolute Gasteiger partial charge is 0.342 e. The molecule has 0 spiro atoms. The van der Waals surface area contributed by atoms with E-state index in [0.29, 0.717) is 17.5 Å². The Labute approximate surface area is 188 Å². The third-order valence-corrected chi connectivity index (χ3v) is 6.09. The molecule has 4 nitrogen and oxygen atoms in total. The van der Waals surface area contributed by atoms with Crippen LogP contribution < -0.4 is 5.32 Å². The smallest absolute Gasteiger partial charge is 0.306 e.